The van der Waals surface area contributed by atoms with Gasteiger partial charge in [0.1, 0.15) is 11.6 Å². The van der Waals surface area contributed by atoms with Gasteiger partial charge in [-0.3, -0.25) is 5.10 Å². The zero-order valence-electron chi connectivity index (χ0n) is 13.0. The minimum absolute atomic E-state index is 0.289. The van der Waals surface area contributed by atoms with Crippen LogP contribution in [-0.4, -0.2) is 15.2 Å². The van der Waals surface area contributed by atoms with Crippen molar-refractivity contribution in [2.24, 2.45) is 0 Å². The lowest BCUT2D eigenvalue weighted by molar-refractivity contribution is 0.631. The average Bonchev–Trinajstić information content (AvgIpc) is 2.99. The lowest BCUT2D eigenvalue weighted by atomic mass is 10.0. The predicted molar refractivity (Wildman–Crippen MR) is 93.7 cm³/mol. The molecular weight excluding hydrogens is 303 g/mol. The van der Waals surface area contributed by atoms with Gasteiger partial charge in [-0.2, -0.15) is 5.10 Å². The van der Waals surface area contributed by atoms with E-state index >= 15 is 0 Å². The molecule has 24 heavy (non-hydrogen) atoms. The molecule has 2 N–H and O–H groups in total. The van der Waals surface area contributed by atoms with E-state index < -0.39 is 0 Å². The Morgan fingerprint density at radius 3 is 2.54 bits per heavy atom. The molecule has 0 bridgehead atoms. The van der Waals surface area contributed by atoms with Gasteiger partial charge in [0.15, 0.2) is 5.82 Å². The van der Waals surface area contributed by atoms with Crippen LogP contribution in [0.1, 0.15) is 5.69 Å². The number of rotatable bonds is 3. The van der Waals surface area contributed by atoms with Gasteiger partial charge in [0, 0.05) is 22.7 Å². The van der Waals surface area contributed by atoms with E-state index in [1.807, 2.05) is 49.4 Å². The Labute approximate surface area is 138 Å². The molecule has 118 valence electrons. The summed E-state index contributed by atoms with van der Waals surface area (Å²) < 4.78 is 14.3. The molecular formula is C19H15FN4. The van der Waals surface area contributed by atoms with Gasteiger partial charge in [0.05, 0.1) is 5.69 Å². The number of pyridine rings is 1. The molecule has 0 atom stereocenters. The maximum Gasteiger partial charge on any atom is 0.153 e. The van der Waals surface area contributed by atoms with E-state index in [2.05, 4.69) is 20.5 Å². The molecule has 0 unspecified atom stereocenters. The number of nitrogens with one attached hydrogen (secondary N) is 2. The average molecular weight is 318 g/mol. The van der Waals surface area contributed by atoms with Gasteiger partial charge in [0.2, 0.25) is 0 Å². The standard InChI is InChI=1S/C19H15FN4/c1-12-10-18(24-23-12)21-17-11-13-6-2-3-7-14(13)19(22-17)15-8-4-5-9-16(15)20/h2-11H,1H3,(H2,21,22,23,24). The lowest BCUT2D eigenvalue weighted by Crippen LogP contribution is -1.97. The minimum atomic E-state index is -0.289. The van der Waals surface area contributed by atoms with Crippen LogP contribution in [-0.2, 0) is 0 Å². The van der Waals surface area contributed by atoms with Crippen LogP contribution in [0.5, 0.6) is 0 Å². The number of aryl methyl sites for hydroxylation is 1. The highest BCUT2D eigenvalue weighted by Crippen LogP contribution is 2.31. The topological polar surface area (TPSA) is 53.6 Å². The molecule has 0 radical (unpaired) electrons. The molecule has 4 aromatic rings. The molecule has 2 heterocycles. The highest BCUT2D eigenvalue weighted by atomic mass is 19.1. The summed E-state index contributed by atoms with van der Waals surface area (Å²) in [7, 11) is 0. The number of aromatic amines is 1. The summed E-state index contributed by atoms with van der Waals surface area (Å²) in [6.45, 7) is 1.93. The van der Waals surface area contributed by atoms with Gasteiger partial charge in [-0.1, -0.05) is 36.4 Å². The number of halogens is 1. The van der Waals surface area contributed by atoms with Gasteiger partial charge in [0.25, 0.3) is 0 Å². The molecule has 4 nitrogen and oxygen atoms in total. The number of fused-ring (bicyclic) bond motifs is 1. The van der Waals surface area contributed by atoms with Crippen LogP contribution < -0.4 is 5.32 Å². The molecule has 5 heteroatoms. The first-order valence-corrected chi connectivity index (χ1v) is 7.64. The van der Waals surface area contributed by atoms with Crippen molar-refractivity contribution in [1.29, 1.82) is 0 Å². The number of aromatic nitrogens is 3. The van der Waals surface area contributed by atoms with Crippen LogP contribution in [0.25, 0.3) is 22.0 Å². The fourth-order valence-electron chi connectivity index (χ4n) is 2.73. The number of anilines is 2. The largest absolute Gasteiger partial charge is 0.323 e. The summed E-state index contributed by atoms with van der Waals surface area (Å²) in [5, 5.41) is 12.1. The van der Waals surface area contributed by atoms with E-state index in [1.54, 1.807) is 12.1 Å². The number of benzene rings is 2. The van der Waals surface area contributed by atoms with Crippen LogP contribution in [0.4, 0.5) is 16.0 Å². The van der Waals surface area contributed by atoms with E-state index in [-0.39, 0.29) is 5.82 Å². The maximum atomic E-state index is 14.3. The van der Waals surface area contributed by atoms with E-state index in [1.165, 1.54) is 6.07 Å². The van der Waals surface area contributed by atoms with Gasteiger partial charge >= 0.3 is 0 Å². The molecule has 0 aliphatic rings. The van der Waals surface area contributed by atoms with Gasteiger partial charge in [-0.05, 0) is 30.5 Å². The normalized spacial score (nSPS) is 10.9. The lowest BCUT2D eigenvalue weighted by Gasteiger charge is -2.11. The monoisotopic (exact) mass is 318 g/mol. The molecule has 2 aromatic carbocycles. The Hall–Kier alpha value is -3.21. The van der Waals surface area contributed by atoms with Crippen LogP contribution >= 0.6 is 0 Å². The van der Waals surface area contributed by atoms with Crippen molar-refractivity contribution in [1.82, 2.24) is 15.2 Å². The minimum Gasteiger partial charge on any atom is -0.323 e. The summed E-state index contributed by atoms with van der Waals surface area (Å²) in [4.78, 5) is 4.63. The first-order valence-electron chi connectivity index (χ1n) is 7.64. The first kappa shape index (κ1) is 14.4. The van der Waals surface area contributed by atoms with Crippen LogP contribution in [0.15, 0.2) is 60.7 Å². The van der Waals surface area contributed by atoms with E-state index in [4.69, 9.17) is 0 Å². The van der Waals surface area contributed by atoms with Crippen molar-refractivity contribution in [2.45, 2.75) is 6.92 Å². The highest BCUT2D eigenvalue weighted by molar-refractivity contribution is 5.96. The van der Waals surface area contributed by atoms with Crippen LogP contribution in [0.3, 0.4) is 0 Å². The van der Waals surface area contributed by atoms with Crippen molar-refractivity contribution >= 4 is 22.4 Å². The van der Waals surface area contributed by atoms with Crippen molar-refractivity contribution in [3.05, 3.63) is 72.2 Å². The Kier molecular flexibility index (Phi) is 3.46. The molecule has 0 saturated heterocycles. The Morgan fingerprint density at radius 2 is 1.75 bits per heavy atom. The summed E-state index contributed by atoms with van der Waals surface area (Å²) >= 11 is 0. The second-order valence-electron chi connectivity index (χ2n) is 5.62. The van der Waals surface area contributed by atoms with E-state index in [0.717, 1.165) is 16.5 Å². The number of hydrogen-bond acceptors (Lipinski definition) is 3. The molecule has 0 spiro atoms. The summed E-state index contributed by atoms with van der Waals surface area (Å²) in [5.41, 5.74) is 2.05. The van der Waals surface area contributed by atoms with Gasteiger partial charge in [-0.25, -0.2) is 9.37 Å². The second-order valence-corrected chi connectivity index (χ2v) is 5.62. The third-order valence-electron chi connectivity index (χ3n) is 3.83. The third-order valence-corrected chi connectivity index (χ3v) is 3.83. The van der Waals surface area contributed by atoms with Gasteiger partial charge < -0.3 is 5.32 Å². The maximum absolute atomic E-state index is 14.3. The number of nitrogens with zero attached hydrogens (tertiary/aromatic N) is 2. The molecule has 0 aliphatic heterocycles. The summed E-state index contributed by atoms with van der Waals surface area (Å²) in [6.07, 6.45) is 0. The van der Waals surface area contributed by atoms with Crippen molar-refractivity contribution in [2.75, 3.05) is 5.32 Å². The van der Waals surface area contributed by atoms with Crippen molar-refractivity contribution < 1.29 is 4.39 Å². The summed E-state index contributed by atoms with van der Waals surface area (Å²) in [6, 6.07) is 18.3. The Morgan fingerprint density at radius 1 is 0.958 bits per heavy atom. The van der Waals surface area contributed by atoms with Crippen LogP contribution in [0, 0.1) is 12.7 Å². The van der Waals surface area contributed by atoms with Crippen molar-refractivity contribution in [3.8, 4) is 11.3 Å². The molecule has 0 fully saturated rings. The smallest absolute Gasteiger partial charge is 0.153 e. The zero-order chi connectivity index (χ0) is 16.5. The predicted octanol–water partition coefficient (Wildman–Crippen LogP) is 4.82. The molecule has 0 amide bonds. The Bertz CT molecular complexity index is 1020. The first-order chi connectivity index (χ1) is 11.7. The molecule has 4 rings (SSSR count). The molecule has 0 saturated carbocycles. The third kappa shape index (κ3) is 2.60. The summed E-state index contributed by atoms with van der Waals surface area (Å²) in [5.74, 6) is 1.01. The van der Waals surface area contributed by atoms with E-state index in [9.17, 15) is 4.39 Å². The van der Waals surface area contributed by atoms with Gasteiger partial charge in [-0.15, -0.1) is 0 Å². The number of hydrogen-bond donors (Lipinski definition) is 2. The quantitative estimate of drug-likeness (QED) is 0.569. The van der Waals surface area contributed by atoms with Crippen LogP contribution in [0.2, 0.25) is 0 Å². The highest BCUT2D eigenvalue weighted by Gasteiger charge is 2.12. The zero-order valence-corrected chi connectivity index (χ0v) is 13.0. The molecule has 0 aliphatic carbocycles. The SMILES string of the molecule is Cc1cc(Nc2cc3ccccc3c(-c3ccccc3F)n2)n[nH]1. The molecule has 2 aromatic heterocycles. The fraction of sp³-hybridized carbons (Fsp3) is 0.0526. The number of H-pyrrole nitrogens is 1. The second kappa shape index (κ2) is 5.77. The Balaban J connectivity index is 1.89. The fourth-order valence-corrected chi connectivity index (χ4v) is 2.73. The van der Waals surface area contributed by atoms with Crippen molar-refractivity contribution in [3.63, 3.8) is 0 Å². The van der Waals surface area contributed by atoms with E-state index in [0.29, 0.717) is 22.9 Å².